The summed E-state index contributed by atoms with van der Waals surface area (Å²) < 4.78 is 0.902. The van der Waals surface area contributed by atoms with Gasteiger partial charge in [-0.05, 0) is 53.1 Å². The molecule has 30 heavy (non-hydrogen) atoms. The van der Waals surface area contributed by atoms with E-state index in [-0.39, 0.29) is 30.7 Å². The van der Waals surface area contributed by atoms with Crippen molar-refractivity contribution in [3.63, 3.8) is 0 Å². The molecule has 1 unspecified atom stereocenters. The summed E-state index contributed by atoms with van der Waals surface area (Å²) in [4.78, 5) is 52.2. The minimum Gasteiger partial charge on any atom is -0.376 e. The normalized spacial score (nSPS) is 18.3. The van der Waals surface area contributed by atoms with Crippen molar-refractivity contribution in [3.05, 3.63) is 26.8 Å². The molecule has 3 rings (SSSR count). The number of amides is 4. The molecule has 1 fully saturated rings. The number of benzene rings is 1. The summed E-state index contributed by atoms with van der Waals surface area (Å²) in [5, 5.41) is 5.44. The number of hydrogen-bond donors (Lipinski definition) is 2. The number of hydrogen-bond acceptors (Lipinski definition) is 5. The first-order chi connectivity index (χ1) is 14.3. The molecule has 4 amide bonds. The topological polar surface area (TPSA) is 98.8 Å². The van der Waals surface area contributed by atoms with Crippen molar-refractivity contribution in [2.75, 3.05) is 25.5 Å². The van der Waals surface area contributed by atoms with Gasteiger partial charge in [0.2, 0.25) is 17.7 Å². The summed E-state index contributed by atoms with van der Waals surface area (Å²) in [6.07, 6.45) is 3.76. The van der Waals surface area contributed by atoms with Gasteiger partial charge in [0.1, 0.15) is 6.04 Å². The number of nitrogens with zero attached hydrogens (tertiary/aromatic N) is 2. The van der Waals surface area contributed by atoms with Gasteiger partial charge in [-0.1, -0.05) is 19.8 Å². The molecule has 0 radical (unpaired) electrons. The fraction of sp³-hybridized carbons (Fsp3) is 0.524. The number of unbranched alkanes of at least 4 members (excludes halogenated alkanes) is 2. The van der Waals surface area contributed by atoms with Crippen LogP contribution < -0.4 is 10.6 Å². The molecule has 1 aromatic carbocycles. The van der Waals surface area contributed by atoms with Crippen LogP contribution >= 0.6 is 22.6 Å². The Morgan fingerprint density at radius 3 is 2.77 bits per heavy atom. The number of anilines is 1. The summed E-state index contributed by atoms with van der Waals surface area (Å²) in [7, 11) is 1.80. The maximum absolute atomic E-state index is 13.0. The lowest BCUT2D eigenvalue weighted by atomic mass is 10.0. The average Bonchev–Trinajstić information content (AvgIpc) is 3.03. The quantitative estimate of drug-likeness (QED) is 0.307. The Hall–Kier alpha value is -2.17. The van der Waals surface area contributed by atoms with E-state index >= 15 is 0 Å². The standard InChI is InChI=1S/C21H27IN4O4/c1-3-4-5-8-25(2)19(28)11-23-13-9-14-15(16(22)10-13)12-26(21(14)30)17-6-7-18(27)24-20(17)29/h9-10,17,23H,3-8,11-12H2,1-2H3,(H,24,27,29). The van der Waals surface area contributed by atoms with Crippen LogP contribution in [-0.2, 0) is 20.9 Å². The molecular formula is C21H27IN4O4. The van der Waals surface area contributed by atoms with Gasteiger partial charge in [0.05, 0.1) is 6.54 Å². The van der Waals surface area contributed by atoms with Crippen LogP contribution in [0.25, 0.3) is 0 Å². The molecule has 8 nitrogen and oxygen atoms in total. The Morgan fingerprint density at radius 2 is 2.07 bits per heavy atom. The number of carbonyl (C=O) groups is 4. The first kappa shape index (κ1) is 22.5. The van der Waals surface area contributed by atoms with Gasteiger partial charge >= 0.3 is 0 Å². The number of halogens is 1. The number of fused-ring (bicyclic) bond motifs is 1. The largest absolute Gasteiger partial charge is 0.376 e. The SMILES string of the molecule is CCCCCN(C)C(=O)CNc1cc(I)c2c(c1)C(=O)N(C1CCC(=O)NC1=O)C2. The number of carbonyl (C=O) groups excluding carboxylic acids is 4. The lowest BCUT2D eigenvalue weighted by molar-refractivity contribution is -0.137. The van der Waals surface area contributed by atoms with Gasteiger partial charge < -0.3 is 15.1 Å². The molecule has 9 heteroatoms. The number of piperidine rings is 1. The van der Waals surface area contributed by atoms with Crippen molar-refractivity contribution in [2.45, 2.75) is 51.6 Å². The van der Waals surface area contributed by atoms with Crippen molar-refractivity contribution < 1.29 is 19.2 Å². The Balaban J connectivity index is 1.66. The molecule has 2 heterocycles. The van der Waals surface area contributed by atoms with Crippen molar-refractivity contribution in [1.82, 2.24) is 15.1 Å². The Labute approximate surface area is 189 Å². The van der Waals surface area contributed by atoms with Crippen molar-refractivity contribution in [3.8, 4) is 0 Å². The summed E-state index contributed by atoms with van der Waals surface area (Å²) in [5.41, 5.74) is 2.11. The van der Waals surface area contributed by atoms with Gasteiger partial charge in [-0.25, -0.2) is 0 Å². The zero-order valence-corrected chi connectivity index (χ0v) is 19.5. The first-order valence-electron chi connectivity index (χ1n) is 10.3. The number of rotatable bonds is 8. The minimum atomic E-state index is -0.631. The second kappa shape index (κ2) is 9.76. The van der Waals surface area contributed by atoms with Crippen LogP contribution in [0.1, 0.15) is 54.9 Å². The second-order valence-electron chi connectivity index (χ2n) is 7.76. The van der Waals surface area contributed by atoms with Gasteiger partial charge in [0.25, 0.3) is 5.91 Å². The summed E-state index contributed by atoms with van der Waals surface area (Å²) in [5.74, 6) is -0.939. The van der Waals surface area contributed by atoms with Crippen molar-refractivity contribution >= 4 is 51.9 Å². The predicted molar refractivity (Wildman–Crippen MR) is 121 cm³/mol. The highest BCUT2D eigenvalue weighted by Gasteiger charge is 2.39. The van der Waals surface area contributed by atoms with E-state index in [4.69, 9.17) is 0 Å². The Morgan fingerprint density at radius 1 is 1.30 bits per heavy atom. The van der Waals surface area contributed by atoms with E-state index < -0.39 is 11.9 Å². The smallest absolute Gasteiger partial charge is 0.255 e. The van der Waals surface area contributed by atoms with E-state index in [1.54, 1.807) is 18.0 Å². The molecular weight excluding hydrogens is 499 g/mol. The van der Waals surface area contributed by atoms with Crippen LogP contribution in [0, 0.1) is 3.57 Å². The fourth-order valence-electron chi connectivity index (χ4n) is 3.75. The van der Waals surface area contributed by atoms with Gasteiger partial charge in [0, 0.05) is 41.4 Å². The highest BCUT2D eigenvalue weighted by Crippen LogP contribution is 2.33. The third-order valence-electron chi connectivity index (χ3n) is 5.57. The zero-order valence-electron chi connectivity index (χ0n) is 17.3. The van der Waals surface area contributed by atoms with Crippen LogP contribution in [0.2, 0.25) is 0 Å². The Bertz CT molecular complexity index is 873. The van der Waals surface area contributed by atoms with Crippen LogP contribution in [-0.4, -0.2) is 59.6 Å². The van der Waals surface area contributed by atoms with Gasteiger partial charge in [-0.3, -0.25) is 24.5 Å². The van der Waals surface area contributed by atoms with Crippen LogP contribution in [0.3, 0.4) is 0 Å². The fourth-order valence-corrected chi connectivity index (χ4v) is 4.55. The van der Waals surface area contributed by atoms with E-state index in [0.29, 0.717) is 24.2 Å². The molecule has 1 atom stereocenters. The second-order valence-corrected chi connectivity index (χ2v) is 8.92. The first-order valence-corrected chi connectivity index (χ1v) is 11.3. The Kier molecular flexibility index (Phi) is 7.32. The van der Waals surface area contributed by atoms with E-state index in [2.05, 4.69) is 40.1 Å². The van der Waals surface area contributed by atoms with Crippen LogP contribution in [0.4, 0.5) is 5.69 Å². The molecule has 2 N–H and O–H groups in total. The summed E-state index contributed by atoms with van der Waals surface area (Å²) in [6, 6.07) is 3.02. The third kappa shape index (κ3) is 4.93. The molecule has 2 aliphatic heterocycles. The van der Waals surface area contributed by atoms with Gasteiger partial charge in [-0.15, -0.1) is 0 Å². The highest BCUT2D eigenvalue weighted by molar-refractivity contribution is 14.1. The molecule has 0 bridgehead atoms. The highest BCUT2D eigenvalue weighted by atomic mass is 127. The summed E-state index contributed by atoms with van der Waals surface area (Å²) >= 11 is 2.18. The van der Waals surface area contributed by atoms with Crippen LogP contribution in [0.15, 0.2) is 12.1 Å². The minimum absolute atomic E-state index is 0.00175. The monoisotopic (exact) mass is 526 g/mol. The molecule has 2 aliphatic rings. The molecule has 0 spiro atoms. The predicted octanol–water partition coefficient (Wildman–Crippen LogP) is 2.11. The third-order valence-corrected chi connectivity index (χ3v) is 6.53. The summed E-state index contributed by atoms with van der Waals surface area (Å²) in [6.45, 7) is 3.36. The van der Waals surface area contributed by atoms with E-state index in [0.717, 1.165) is 34.9 Å². The molecule has 162 valence electrons. The number of nitrogens with one attached hydrogen (secondary N) is 2. The number of imide groups is 1. The van der Waals surface area contributed by atoms with Crippen molar-refractivity contribution in [1.29, 1.82) is 0 Å². The van der Waals surface area contributed by atoms with E-state index in [1.807, 2.05) is 6.07 Å². The molecule has 0 aliphatic carbocycles. The molecule has 0 saturated carbocycles. The molecule has 0 aromatic heterocycles. The van der Waals surface area contributed by atoms with Gasteiger partial charge in [0.15, 0.2) is 0 Å². The maximum atomic E-state index is 13.0. The molecule has 1 saturated heterocycles. The maximum Gasteiger partial charge on any atom is 0.255 e. The van der Waals surface area contributed by atoms with E-state index in [1.165, 1.54) is 4.90 Å². The lowest BCUT2D eigenvalue weighted by Crippen LogP contribution is -2.52. The lowest BCUT2D eigenvalue weighted by Gasteiger charge is -2.29. The molecule has 1 aromatic rings. The average molecular weight is 526 g/mol. The van der Waals surface area contributed by atoms with Crippen LogP contribution in [0.5, 0.6) is 0 Å². The number of likely N-dealkylation sites (N-methyl/N-ethyl adjacent to an activating group) is 1. The zero-order chi connectivity index (χ0) is 21.8. The van der Waals surface area contributed by atoms with Gasteiger partial charge in [-0.2, -0.15) is 0 Å². The van der Waals surface area contributed by atoms with Crippen molar-refractivity contribution in [2.24, 2.45) is 0 Å². The van der Waals surface area contributed by atoms with E-state index in [9.17, 15) is 19.2 Å².